The summed E-state index contributed by atoms with van der Waals surface area (Å²) in [6, 6.07) is 18.2. The number of aromatic nitrogens is 1. The van der Waals surface area contributed by atoms with Gasteiger partial charge in [-0.25, -0.2) is 4.98 Å². The van der Waals surface area contributed by atoms with E-state index in [4.69, 9.17) is 9.15 Å². The first kappa shape index (κ1) is 21.7. The number of carbonyl (C=O) groups is 1. The lowest BCUT2D eigenvalue weighted by atomic mass is 10.2. The fourth-order valence-corrected chi connectivity index (χ4v) is 4.45. The van der Waals surface area contributed by atoms with Crippen LogP contribution < -0.4 is 4.74 Å². The van der Waals surface area contributed by atoms with E-state index < -0.39 is 0 Å². The molecule has 7 nitrogen and oxygen atoms in total. The molecule has 2 aliphatic heterocycles. The van der Waals surface area contributed by atoms with Gasteiger partial charge < -0.3 is 14.1 Å². The normalized spacial score (nSPS) is 17.4. The molecule has 0 spiro atoms. The van der Waals surface area contributed by atoms with E-state index in [1.54, 1.807) is 0 Å². The maximum atomic E-state index is 12.5. The molecule has 0 aliphatic carbocycles. The van der Waals surface area contributed by atoms with E-state index in [0.717, 1.165) is 70.2 Å². The average Bonchev–Trinajstić information content (AvgIpc) is 3.54. The largest absolute Gasteiger partial charge is 0.457 e. The van der Waals surface area contributed by atoms with Crippen LogP contribution in [0, 0.1) is 0 Å². The first-order valence-corrected chi connectivity index (χ1v) is 11.7. The fraction of sp³-hybridized carbons (Fsp3) is 0.385. The molecule has 1 amide bonds. The van der Waals surface area contributed by atoms with E-state index in [1.165, 1.54) is 11.8 Å². The molecule has 172 valence electrons. The highest BCUT2D eigenvalue weighted by Gasteiger charge is 2.24. The van der Waals surface area contributed by atoms with E-state index >= 15 is 0 Å². The molecule has 1 aromatic heterocycles. The second kappa shape index (κ2) is 10.2. The van der Waals surface area contributed by atoms with Gasteiger partial charge in [-0.3, -0.25) is 14.6 Å². The van der Waals surface area contributed by atoms with Crippen molar-refractivity contribution in [1.82, 2.24) is 19.7 Å². The molecule has 2 fully saturated rings. The third-order valence-electron chi connectivity index (χ3n) is 6.27. The van der Waals surface area contributed by atoms with Gasteiger partial charge in [0.25, 0.3) is 5.91 Å². The van der Waals surface area contributed by atoms with Gasteiger partial charge >= 0.3 is 0 Å². The zero-order valence-corrected chi connectivity index (χ0v) is 18.9. The van der Waals surface area contributed by atoms with E-state index in [9.17, 15) is 4.79 Å². The number of para-hydroxylation sites is 1. The van der Waals surface area contributed by atoms with Crippen LogP contribution in [0.4, 0.5) is 0 Å². The van der Waals surface area contributed by atoms with E-state index in [2.05, 4.69) is 26.9 Å². The number of rotatable bonds is 7. The van der Waals surface area contributed by atoms with Gasteiger partial charge in [-0.1, -0.05) is 30.3 Å². The van der Waals surface area contributed by atoms with Crippen LogP contribution in [-0.2, 0) is 13.1 Å². The van der Waals surface area contributed by atoms with E-state index in [0.29, 0.717) is 18.1 Å². The van der Waals surface area contributed by atoms with Crippen molar-refractivity contribution in [2.45, 2.75) is 25.9 Å². The van der Waals surface area contributed by atoms with Crippen LogP contribution in [0.2, 0.25) is 0 Å². The third kappa shape index (κ3) is 5.61. The molecule has 3 heterocycles. The van der Waals surface area contributed by atoms with E-state index in [-0.39, 0.29) is 5.91 Å². The monoisotopic (exact) mass is 446 g/mol. The first-order chi connectivity index (χ1) is 16.2. The van der Waals surface area contributed by atoms with Gasteiger partial charge in [0.2, 0.25) is 5.89 Å². The van der Waals surface area contributed by atoms with Crippen molar-refractivity contribution in [3.8, 4) is 11.5 Å². The van der Waals surface area contributed by atoms with Crippen LogP contribution >= 0.6 is 0 Å². The molecule has 33 heavy (non-hydrogen) atoms. The van der Waals surface area contributed by atoms with Gasteiger partial charge in [-0.15, -0.1) is 0 Å². The Bertz CT molecular complexity index is 1050. The van der Waals surface area contributed by atoms with Crippen LogP contribution in [-0.4, -0.2) is 64.9 Å². The molecule has 0 atom stereocenters. The Kier molecular flexibility index (Phi) is 6.69. The van der Waals surface area contributed by atoms with Gasteiger partial charge in [-0.2, -0.15) is 0 Å². The summed E-state index contributed by atoms with van der Waals surface area (Å²) in [5, 5.41) is 0. The molecule has 0 N–H and O–H groups in total. The number of nitrogens with zero attached hydrogens (tertiary/aromatic N) is 4. The van der Waals surface area contributed by atoms with Gasteiger partial charge in [0, 0.05) is 45.8 Å². The zero-order chi connectivity index (χ0) is 22.5. The highest BCUT2D eigenvalue weighted by Crippen LogP contribution is 2.23. The second-order valence-electron chi connectivity index (χ2n) is 8.74. The summed E-state index contributed by atoms with van der Waals surface area (Å²) in [4.78, 5) is 23.6. The van der Waals surface area contributed by atoms with Crippen molar-refractivity contribution in [1.29, 1.82) is 0 Å². The molecule has 2 aliphatic rings. The maximum Gasteiger partial charge on any atom is 0.275 e. The lowest BCUT2D eigenvalue weighted by Gasteiger charge is -2.34. The SMILES string of the molecule is O=C(c1coc(CN2CCN(Cc3cccc(Oc4ccccc4)c3)CC2)n1)N1CCCC1. The van der Waals surface area contributed by atoms with Crippen molar-refractivity contribution >= 4 is 5.91 Å². The summed E-state index contributed by atoms with van der Waals surface area (Å²) in [6.45, 7) is 7.02. The van der Waals surface area contributed by atoms with Crippen molar-refractivity contribution in [3.05, 3.63) is 78.0 Å². The Morgan fingerprint density at radius 3 is 2.30 bits per heavy atom. The highest BCUT2D eigenvalue weighted by atomic mass is 16.5. The molecular formula is C26H30N4O3. The summed E-state index contributed by atoms with van der Waals surface area (Å²) in [7, 11) is 0. The van der Waals surface area contributed by atoms with Crippen LogP contribution in [0.3, 0.4) is 0 Å². The molecule has 0 radical (unpaired) electrons. The second-order valence-corrected chi connectivity index (χ2v) is 8.74. The molecule has 2 saturated heterocycles. The van der Waals surface area contributed by atoms with Gasteiger partial charge in [-0.05, 0) is 42.7 Å². The topological polar surface area (TPSA) is 62.1 Å². The predicted molar refractivity (Wildman–Crippen MR) is 125 cm³/mol. The number of amides is 1. The molecule has 0 saturated carbocycles. The summed E-state index contributed by atoms with van der Waals surface area (Å²) < 4.78 is 11.6. The molecule has 7 heteroatoms. The smallest absolute Gasteiger partial charge is 0.275 e. The lowest BCUT2D eigenvalue weighted by molar-refractivity contribution is 0.0786. The number of benzene rings is 2. The number of ether oxygens (including phenoxy) is 1. The van der Waals surface area contributed by atoms with Gasteiger partial charge in [0.1, 0.15) is 17.8 Å². The van der Waals surface area contributed by atoms with Gasteiger partial charge in [0.05, 0.1) is 6.54 Å². The van der Waals surface area contributed by atoms with Crippen LogP contribution in [0.25, 0.3) is 0 Å². The number of hydrogen-bond donors (Lipinski definition) is 0. The molecule has 5 rings (SSSR count). The van der Waals surface area contributed by atoms with Crippen molar-refractivity contribution < 1.29 is 13.9 Å². The standard InChI is InChI=1S/C26H30N4O3/c31-26(30-11-4-5-12-30)24-20-32-25(27-24)19-29-15-13-28(14-16-29)18-21-7-6-10-23(17-21)33-22-8-2-1-3-9-22/h1-3,6-10,17,20H,4-5,11-16,18-19H2. The number of likely N-dealkylation sites (tertiary alicyclic amines) is 1. The summed E-state index contributed by atoms with van der Waals surface area (Å²) in [6.07, 6.45) is 3.66. The summed E-state index contributed by atoms with van der Waals surface area (Å²) in [5.74, 6) is 2.32. The fourth-order valence-electron chi connectivity index (χ4n) is 4.45. The minimum atomic E-state index is -0.00852. The first-order valence-electron chi connectivity index (χ1n) is 11.7. The minimum Gasteiger partial charge on any atom is -0.457 e. The van der Waals surface area contributed by atoms with Crippen LogP contribution in [0.5, 0.6) is 11.5 Å². The maximum absolute atomic E-state index is 12.5. The van der Waals surface area contributed by atoms with Crippen molar-refractivity contribution in [2.75, 3.05) is 39.3 Å². The Hall–Kier alpha value is -3.16. The van der Waals surface area contributed by atoms with Crippen molar-refractivity contribution in [2.24, 2.45) is 0 Å². The Balaban J connectivity index is 1.10. The number of carbonyl (C=O) groups excluding carboxylic acids is 1. The van der Waals surface area contributed by atoms with Crippen LogP contribution in [0.1, 0.15) is 34.8 Å². The average molecular weight is 447 g/mol. The quantitative estimate of drug-likeness (QED) is 0.546. The Morgan fingerprint density at radius 2 is 1.55 bits per heavy atom. The highest BCUT2D eigenvalue weighted by molar-refractivity contribution is 5.92. The molecule has 0 bridgehead atoms. The molecule has 0 unspecified atom stereocenters. The number of hydrogen-bond acceptors (Lipinski definition) is 6. The Labute approximate surface area is 194 Å². The summed E-state index contributed by atoms with van der Waals surface area (Å²) in [5.41, 5.74) is 1.68. The molecular weight excluding hydrogens is 416 g/mol. The third-order valence-corrected chi connectivity index (χ3v) is 6.27. The number of oxazole rings is 1. The minimum absolute atomic E-state index is 0.00852. The van der Waals surface area contributed by atoms with Crippen molar-refractivity contribution in [3.63, 3.8) is 0 Å². The van der Waals surface area contributed by atoms with Gasteiger partial charge in [0.15, 0.2) is 5.69 Å². The molecule has 2 aromatic carbocycles. The van der Waals surface area contributed by atoms with Crippen LogP contribution in [0.15, 0.2) is 65.3 Å². The van der Waals surface area contributed by atoms with E-state index in [1.807, 2.05) is 47.4 Å². The lowest BCUT2D eigenvalue weighted by Crippen LogP contribution is -2.45. The Morgan fingerprint density at radius 1 is 0.848 bits per heavy atom. The number of piperazine rings is 1. The zero-order valence-electron chi connectivity index (χ0n) is 18.9. The predicted octanol–water partition coefficient (Wildman–Crippen LogP) is 4.02. The summed E-state index contributed by atoms with van der Waals surface area (Å²) >= 11 is 0. The molecule has 3 aromatic rings.